The van der Waals surface area contributed by atoms with E-state index in [9.17, 15) is 0 Å². The van der Waals surface area contributed by atoms with Crippen LogP contribution < -0.4 is 11.5 Å². The van der Waals surface area contributed by atoms with Crippen molar-refractivity contribution in [1.29, 1.82) is 0 Å². The Kier molecular flexibility index (Phi) is 1.17. The maximum Gasteiger partial charge on any atom is 0.123 e. The third kappa shape index (κ3) is 1.07. The van der Waals surface area contributed by atoms with Crippen LogP contribution >= 0.6 is 0 Å². The van der Waals surface area contributed by atoms with Gasteiger partial charge in [0.2, 0.25) is 0 Å². The minimum absolute atomic E-state index is 0.0862. The first-order valence-corrected chi connectivity index (χ1v) is 3.72. The van der Waals surface area contributed by atoms with Crippen molar-refractivity contribution < 1.29 is 0 Å². The second-order valence-corrected chi connectivity index (χ2v) is 3.13. The molecule has 3 heteroatoms. The smallest absolute Gasteiger partial charge is 0.123 e. The fourth-order valence-corrected chi connectivity index (χ4v) is 1.18. The lowest BCUT2D eigenvalue weighted by molar-refractivity contribution is 0.739. The number of hydrogen-bond donors (Lipinski definition) is 2. The molecule has 1 aromatic heterocycles. The molecule has 0 unspecified atom stereocenters. The quantitative estimate of drug-likeness (QED) is 0.615. The molecule has 4 N–H and O–H groups in total. The van der Waals surface area contributed by atoms with Gasteiger partial charge in [-0.3, -0.25) is 0 Å². The molecule has 0 atom stereocenters. The molecule has 0 bridgehead atoms. The standard InChI is InChI=1S/C8H11N3/c9-7-5-6(1-4-11-7)8(10)2-3-8/h1,4-5H,2-3,10H2,(H2,9,11). The highest BCUT2D eigenvalue weighted by Gasteiger charge is 2.39. The zero-order valence-corrected chi connectivity index (χ0v) is 6.25. The van der Waals surface area contributed by atoms with Crippen molar-refractivity contribution in [1.82, 2.24) is 4.98 Å². The zero-order chi connectivity index (χ0) is 7.90. The summed E-state index contributed by atoms with van der Waals surface area (Å²) >= 11 is 0. The van der Waals surface area contributed by atoms with E-state index in [2.05, 4.69) is 4.98 Å². The molecule has 1 fully saturated rings. The van der Waals surface area contributed by atoms with Crippen LogP contribution in [0.4, 0.5) is 5.82 Å². The molecular formula is C8H11N3. The Morgan fingerprint density at radius 1 is 1.45 bits per heavy atom. The predicted octanol–water partition coefficient (Wildman–Crippen LogP) is 0.612. The largest absolute Gasteiger partial charge is 0.384 e. The Bertz CT molecular complexity index is 278. The molecule has 0 amide bonds. The van der Waals surface area contributed by atoms with Crippen LogP contribution in [0.15, 0.2) is 18.3 Å². The van der Waals surface area contributed by atoms with Crippen molar-refractivity contribution in [3.63, 3.8) is 0 Å². The van der Waals surface area contributed by atoms with Gasteiger partial charge in [-0.15, -0.1) is 0 Å². The van der Waals surface area contributed by atoms with Crippen molar-refractivity contribution in [3.8, 4) is 0 Å². The summed E-state index contributed by atoms with van der Waals surface area (Å²) in [5.74, 6) is 0.555. The topological polar surface area (TPSA) is 64.9 Å². The number of nitrogens with two attached hydrogens (primary N) is 2. The van der Waals surface area contributed by atoms with E-state index >= 15 is 0 Å². The van der Waals surface area contributed by atoms with Gasteiger partial charge in [-0.2, -0.15) is 0 Å². The van der Waals surface area contributed by atoms with Crippen molar-refractivity contribution >= 4 is 5.82 Å². The molecule has 1 heterocycles. The van der Waals surface area contributed by atoms with Gasteiger partial charge in [0.1, 0.15) is 5.82 Å². The molecule has 1 aliphatic carbocycles. The van der Waals surface area contributed by atoms with Crippen LogP contribution in [0, 0.1) is 0 Å². The lowest BCUT2D eigenvalue weighted by Gasteiger charge is -2.07. The van der Waals surface area contributed by atoms with Crippen LogP contribution in [0.3, 0.4) is 0 Å². The number of nitrogens with zero attached hydrogens (tertiary/aromatic N) is 1. The van der Waals surface area contributed by atoms with Gasteiger partial charge in [0.25, 0.3) is 0 Å². The van der Waals surface area contributed by atoms with E-state index in [-0.39, 0.29) is 5.54 Å². The van der Waals surface area contributed by atoms with Crippen LogP contribution in [-0.2, 0) is 5.54 Å². The summed E-state index contributed by atoms with van der Waals surface area (Å²) < 4.78 is 0. The molecule has 2 rings (SSSR count). The Morgan fingerprint density at radius 3 is 2.73 bits per heavy atom. The number of pyridine rings is 1. The van der Waals surface area contributed by atoms with Gasteiger partial charge in [0, 0.05) is 11.7 Å². The third-order valence-corrected chi connectivity index (χ3v) is 2.14. The molecular weight excluding hydrogens is 138 g/mol. The molecule has 0 spiro atoms. The van der Waals surface area contributed by atoms with Gasteiger partial charge < -0.3 is 11.5 Å². The molecule has 1 aliphatic rings. The Labute approximate surface area is 65.4 Å². The van der Waals surface area contributed by atoms with E-state index in [1.165, 1.54) is 0 Å². The SMILES string of the molecule is Nc1cc(C2(N)CC2)ccn1. The van der Waals surface area contributed by atoms with Crippen molar-refractivity contribution in [3.05, 3.63) is 23.9 Å². The van der Waals surface area contributed by atoms with Gasteiger partial charge in [0.05, 0.1) is 0 Å². The second-order valence-electron chi connectivity index (χ2n) is 3.13. The Morgan fingerprint density at radius 2 is 2.18 bits per heavy atom. The number of rotatable bonds is 1. The Hall–Kier alpha value is -1.09. The average molecular weight is 149 g/mol. The minimum atomic E-state index is -0.0862. The van der Waals surface area contributed by atoms with Gasteiger partial charge in [-0.25, -0.2) is 4.98 Å². The zero-order valence-electron chi connectivity index (χ0n) is 6.25. The fourth-order valence-electron chi connectivity index (χ4n) is 1.18. The maximum atomic E-state index is 5.95. The highest BCUT2D eigenvalue weighted by atomic mass is 14.8. The molecule has 0 radical (unpaired) electrons. The van der Waals surface area contributed by atoms with E-state index in [4.69, 9.17) is 11.5 Å². The summed E-state index contributed by atoms with van der Waals surface area (Å²) in [7, 11) is 0. The van der Waals surface area contributed by atoms with E-state index in [0.29, 0.717) is 5.82 Å². The molecule has 0 aliphatic heterocycles. The summed E-state index contributed by atoms with van der Waals surface area (Å²) in [6.45, 7) is 0. The minimum Gasteiger partial charge on any atom is -0.384 e. The van der Waals surface area contributed by atoms with E-state index < -0.39 is 0 Å². The van der Waals surface area contributed by atoms with Crippen LogP contribution in [0.1, 0.15) is 18.4 Å². The number of hydrogen-bond acceptors (Lipinski definition) is 3. The first kappa shape index (κ1) is 6.61. The van der Waals surface area contributed by atoms with Crippen LogP contribution in [-0.4, -0.2) is 4.98 Å². The summed E-state index contributed by atoms with van der Waals surface area (Å²) in [6, 6.07) is 3.79. The molecule has 3 nitrogen and oxygen atoms in total. The van der Waals surface area contributed by atoms with E-state index in [1.54, 1.807) is 6.20 Å². The lowest BCUT2D eigenvalue weighted by Crippen LogP contribution is -2.18. The molecule has 11 heavy (non-hydrogen) atoms. The second kappa shape index (κ2) is 1.95. The predicted molar refractivity (Wildman–Crippen MR) is 43.7 cm³/mol. The summed E-state index contributed by atoms with van der Waals surface area (Å²) in [5.41, 5.74) is 12.5. The normalized spacial score (nSPS) is 19.7. The number of nitrogen functional groups attached to an aromatic ring is 1. The average Bonchev–Trinajstić information content (AvgIpc) is 2.70. The van der Waals surface area contributed by atoms with Gasteiger partial charge in [-0.1, -0.05) is 0 Å². The van der Waals surface area contributed by atoms with Crippen molar-refractivity contribution in [2.24, 2.45) is 5.73 Å². The molecule has 1 aromatic rings. The van der Waals surface area contributed by atoms with Gasteiger partial charge in [0.15, 0.2) is 0 Å². The number of anilines is 1. The highest BCUT2D eigenvalue weighted by Crippen LogP contribution is 2.42. The molecule has 58 valence electrons. The highest BCUT2D eigenvalue weighted by molar-refractivity contribution is 5.38. The first-order chi connectivity index (χ1) is 5.21. The Balaban J connectivity index is 2.38. The van der Waals surface area contributed by atoms with Crippen LogP contribution in [0.25, 0.3) is 0 Å². The summed E-state index contributed by atoms with van der Waals surface area (Å²) in [6.07, 6.45) is 3.84. The van der Waals surface area contributed by atoms with Crippen molar-refractivity contribution in [2.45, 2.75) is 18.4 Å². The third-order valence-electron chi connectivity index (χ3n) is 2.14. The van der Waals surface area contributed by atoms with Crippen molar-refractivity contribution in [2.75, 3.05) is 5.73 Å². The van der Waals surface area contributed by atoms with Gasteiger partial charge in [-0.05, 0) is 30.5 Å². The van der Waals surface area contributed by atoms with E-state index in [1.807, 2.05) is 12.1 Å². The van der Waals surface area contributed by atoms with Crippen LogP contribution in [0.2, 0.25) is 0 Å². The molecule has 1 saturated carbocycles. The van der Waals surface area contributed by atoms with Crippen LogP contribution in [0.5, 0.6) is 0 Å². The first-order valence-electron chi connectivity index (χ1n) is 3.72. The fraction of sp³-hybridized carbons (Fsp3) is 0.375. The molecule has 0 saturated heterocycles. The monoisotopic (exact) mass is 149 g/mol. The molecule has 0 aromatic carbocycles. The van der Waals surface area contributed by atoms with Gasteiger partial charge >= 0.3 is 0 Å². The summed E-state index contributed by atoms with van der Waals surface area (Å²) in [4.78, 5) is 3.90. The number of aromatic nitrogens is 1. The maximum absolute atomic E-state index is 5.95. The summed E-state index contributed by atoms with van der Waals surface area (Å²) in [5, 5.41) is 0. The van der Waals surface area contributed by atoms with E-state index in [0.717, 1.165) is 18.4 Å². The lowest BCUT2D eigenvalue weighted by atomic mass is 10.1.